The summed E-state index contributed by atoms with van der Waals surface area (Å²) < 4.78 is 18.6. The van der Waals surface area contributed by atoms with Crippen molar-refractivity contribution in [3.05, 3.63) is 65.5 Å². The third-order valence-corrected chi connectivity index (χ3v) is 4.07. The smallest absolute Gasteiger partial charge is 0.221 e. The lowest BCUT2D eigenvalue weighted by Crippen LogP contribution is -2.30. The minimum Gasteiger partial charge on any atom is -0.494 e. The van der Waals surface area contributed by atoms with Crippen molar-refractivity contribution in [2.45, 2.75) is 25.9 Å². The molecule has 25 heavy (non-hydrogen) atoms. The van der Waals surface area contributed by atoms with E-state index in [4.69, 9.17) is 4.74 Å². The largest absolute Gasteiger partial charge is 0.494 e. The van der Waals surface area contributed by atoms with Crippen molar-refractivity contribution in [3.63, 3.8) is 0 Å². The van der Waals surface area contributed by atoms with Crippen molar-refractivity contribution < 1.29 is 13.9 Å². The van der Waals surface area contributed by atoms with Crippen LogP contribution < -0.4 is 10.1 Å². The molecule has 5 heteroatoms. The topological polar surface area (TPSA) is 41.6 Å². The van der Waals surface area contributed by atoms with Crippen molar-refractivity contribution in [3.8, 4) is 5.75 Å². The standard InChI is InChI=1S/C20H25FN2O2/c1-15(17-7-5-4-6-8-17)22-20(24)11-12-23(2)14-16-9-10-19(25-3)18(21)13-16/h4-10,13,15H,11-12,14H2,1-3H3,(H,22,24)/t15-/m0/s1. The van der Waals surface area contributed by atoms with E-state index in [9.17, 15) is 9.18 Å². The molecule has 4 nitrogen and oxygen atoms in total. The molecule has 0 aliphatic carbocycles. The van der Waals surface area contributed by atoms with Crippen molar-refractivity contribution in [1.29, 1.82) is 0 Å². The Hall–Kier alpha value is -2.40. The highest BCUT2D eigenvalue weighted by Crippen LogP contribution is 2.18. The second kappa shape index (κ2) is 9.18. The monoisotopic (exact) mass is 344 g/mol. The second-order valence-corrected chi connectivity index (χ2v) is 6.16. The molecule has 2 aromatic rings. The Labute approximate surface area is 148 Å². The van der Waals surface area contributed by atoms with Crippen LogP contribution in [0.25, 0.3) is 0 Å². The Balaban J connectivity index is 1.78. The summed E-state index contributed by atoms with van der Waals surface area (Å²) in [7, 11) is 3.36. The fourth-order valence-corrected chi connectivity index (χ4v) is 2.63. The van der Waals surface area contributed by atoms with E-state index in [1.54, 1.807) is 6.07 Å². The number of rotatable bonds is 8. The van der Waals surface area contributed by atoms with Gasteiger partial charge in [0.25, 0.3) is 0 Å². The average molecular weight is 344 g/mol. The van der Waals surface area contributed by atoms with Crippen LogP contribution in [0.3, 0.4) is 0 Å². The molecule has 0 radical (unpaired) electrons. The first-order valence-electron chi connectivity index (χ1n) is 8.35. The lowest BCUT2D eigenvalue weighted by molar-refractivity contribution is -0.122. The SMILES string of the molecule is COc1ccc(CN(C)CCC(=O)N[C@@H](C)c2ccccc2)cc1F. The quantitative estimate of drug-likeness (QED) is 0.796. The number of halogens is 1. The van der Waals surface area contributed by atoms with Gasteiger partial charge in [-0.2, -0.15) is 0 Å². The van der Waals surface area contributed by atoms with Crippen molar-refractivity contribution >= 4 is 5.91 Å². The van der Waals surface area contributed by atoms with Gasteiger partial charge in [0.05, 0.1) is 13.2 Å². The Kier molecular flexibility index (Phi) is 6.95. The van der Waals surface area contributed by atoms with Crippen LogP contribution in [-0.2, 0) is 11.3 Å². The van der Waals surface area contributed by atoms with Gasteiger partial charge in [0, 0.05) is 19.5 Å². The molecule has 0 saturated heterocycles. The van der Waals surface area contributed by atoms with Crippen LogP contribution in [0.2, 0.25) is 0 Å². The van der Waals surface area contributed by atoms with Gasteiger partial charge < -0.3 is 15.0 Å². The number of nitrogens with one attached hydrogen (secondary N) is 1. The molecule has 0 heterocycles. The number of hydrogen-bond acceptors (Lipinski definition) is 3. The summed E-state index contributed by atoms with van der Waals surface area (Å²) in [5, 5.41) is 3.00. The van der Waals surface area contributed by atoms with Gasteiger partial charge in [-0.3, -0.25) is 4.79 Å². The summed E-state index contributed by atoms with van der Waals surface area (Å²) in [4.78, 5) is 14.1. The predicted octanol–water partition coefficient (Wildman–Crippen LogP) is 3.53. The van der Waals surface area contributed by atoms with E-state index in [1.807, 2.05) is 55.3 Å². The number of hydrogen-bond donors (Lipinski definition) is 1. The summed E-state index contributed by atoms with van der Waals surface area (Å²) in [6, 6.07) is 14.8. The third-order valence-electron chi connectivity index (χ3n) is 4.07. The number of methoxy groups -OCH3 is 1. The fourth-order valence-electron chi connectivity index (χ4n) is 2.63. The molecule has 0 spiro atoms. The van der Waals surface area contributed by atoms with Crippen molar-refractivity contribution in [1.82, 2.24) is 10.2 Å². The van der Waals surface area contributed by atoms with E-state index in [2.05, 4.69) is 5.32 Å². The Bertz CT molecular complexity index is 691. The highest BCUT2D eigenvalue weighted by atomic mass is 19.1. The van der Waals surface area contributed by atoms with Crippen LogP contribution in [0, 0.1) is 5.82 Å². The lowest BCUT2D eigenvalue weighted by Gasteiger charge is -2.18. The highest BCUT2D eigenvalue weighted by molar-refractivity contribution is 5.76. The first-order chi connectivity index (χ1) is 12.0. The molecule has 1 N–H and O–H groups in total. The summed E-state index contributed by atoms with van der Waals surface area (Å²) in [5.41, 5.74) is 1.93. The zero-order valence-corrected chi connectivity index (χ0v) is 15.0. The number of benzene rings is 2. The summed E-state index contributed by atoms with van der Waals surface area (Å²) in [6.07, 6.45) is 0.395. The van der Waals surface area contributed by atoms with Gasteiger partial charge in [0.1, 0.15) is 0 Å². The van der Waals surface area contributed by atoms with E-state index in [-0.39, 0.29) is 23.5 Å². The maximum Gasteiger partial charge on any atom is 0.221 e. The molecular weight excluding hydrogens is 319 g/mol. The molecular formula is C20H25FN2O2. The van der Waals surface area contributed by atoms with Gasteiger partial charge in [-0.25, -0.2) is 4.39 Å². The minimum absolute atomic E-state index is 0.00381. The normalized spacial score (nSPS) is 12.0. The Morgan fingerprint density at radius 1 is 1.24 bits per heavy atom. The van der Waals surface area contributed by atoms with Crippen LogP contribution >= 0.6 is 0 Å². The average Bonchev–Trinajstić information content (AvgIpc) is 2.61. The summed E-state index contributed by atoms with van der Waals surface area (Å²) >= 11 is 0. The maximum atomic E-state index is 13.7. The van der Waals surface area contributed by atoms with Crippen LogP contribution in [0.1, 0.15) is 30.5 Å². The minimum atomic E-state index is -0.372. The van der Waals surface area contributed by atoms with E-state index in [0.717, 1.165) is 11.1 Å². The number of carbonyl (C=O) groups excluding carboxylic acids is 1. The molecule has 0 bridgehead atoms. The van der Waals surface area contributed by atoms with E-state index in [0.29, 0.717) is 19.5 Å². The molecule has 0 unspecified atom stereocenters. The lowest BCUT2D eigenvalue weighted by atomic mass is 10.1. The van der Waals surface area contributed by atoms with Crippen LogP contribution in [0.4, 0.5) is 4.39 Å². The second-order valence-electron chi connectivity index (χ2n) is 6.16. The third kappa shape index (κ3) is 5.87. The van der Waals surface area contributed by atoms with Gasteiger partial charge in [0.15, 0.2) is 11.6 Å². The molecule has 0 saturated carbocycles. The first-order valence-corrected chi connectivity index (χ1v) is 8.35. The van der Waals surface area contributed by atoms with E-state index in [1.165, 1.54) is 13.2 Å². The van der Waals surface area contributed by atoms with Crippen LogP contribution in [0.15, 0.2) is 48.5 Å². The molecule has 0 aromatic heterocycles. The number of amides is 1. The summed E-state index contributed by atoms with van der Waals surface area (Å²) in [6.45, 7) is 3.14. The Morgan fingerprint density at radius 2 is 1.96 bits per heavy atom. The molecule has 134 valence electrons. The van der Waals surface area contributed by atoms with Gasteiger partial charge in [-0.1, -0.05) is 36.4 Å². The zero-order valence-electron chi connectivity index (χ0n) is 15.0. The molecule has 1 atom stereocenters. The number of nitrogens with zero attached hydrogens (tertiary/aromatic N) is 1. The summed E-state index contributed by atoms with van der Waals surface area (Å²) in [5.74, 6) is -0.132. The van der Waals surface area contributed by atoms with Crippen molar-refractivity contribution in [2.24, 2.45) is 0 Å². The van der Waals surface area contributed by atoms with Crippen LogP contribution in [0.5, 0.6) is 5.75 Å². The predicted molar refractivity (Wildman–Crippen MR) is 96.9 cm³/mol. The van der Waals surface area contributed by atoms with Crippen LogP contribution in [-0.4, -0.2) is 31.5 Å². The molecule has 1 amide bonds. The van der Waals surface area contributed by atoms with Gasteiger partial charge in [-0.05, 0) is 37.2 Å². The van der Waals surface area contributed by atoms with E-state index < -0.39 is 0 Å². The Morgan fingerprint density at radius 3 is 2.60 bits per heavy atom. The number of ether oxygens (including phenoxy) is 1. The number of carbonyl (C=O) groups is 1. The molecule has 0 aliphatic rings. The first kappa shape index (κ1) is 18.9. The van der Waals surface area contributed by atoms with E-state index >= 15 is 0 Å². The molecule has 2 rings (SSSR count). The van der Waals surface area contributed by atoms with Crippen molar-refractivity contribution in [2.75, 3.05) is 20.7 Å². The van der Waals surface area contributed by atoms with Gasteiger partial charge >= 0.3 is 0 Å². The molecule has 0 aliphatic heterocycles. The fraction of sp³-hybridized carbons (Fsp3) is 0.350. The molecule has 0 fully saturated rings. The zero-order chi connectivity index (χ0) is 18.2. The van der Waals surface area contributed by atoms with Gasteiger partial charge in [-0.15, -0.1) is 0 Å². The molecule has 2 aromatic carbocycles. The maximum absolute atomic E-state index is 13.7. The van der Waals surface area contributed by atoms with Gasteiger partial charge in [0.2, 0.25) is 5.91 Å². The highest BCUT2D eigenvalue weighted by Gasteiger charge is 2.11.